The molecule has 5 heteroatoms. The van der Waals surface area contributed by atoms with Crippen molar-refractivity contribution in [2.75, 3.05) is 26.2 Å². The smallest absolute Gasteiger partial charge is 0.254 e. The van der Waals surface area contributed by atoms with Gasteiger partial charge in [-0.2, -0.15) is 0 Å². The van der Waals surface area contributed by atoms with Crippen LogP contribution in [0.4, 0.5) is 0 Å². The number of amides is 1. The van der Waals surface area contributed by atoms with Crippen LogP contribution in [0.25, 0.3) is 11.1 Å². The van der Waals surface area contributed by atoms with E-state index < -0.39 is 0 Å². The Bertz CT molecular complexity index is 803. The molecule has 2 aromatic carbocycles. The molecule has 0 saturated carbocycles. The van der Waals surface area contributed by atoms with Crippen molar-refractivity contribution in [2.24, 2.45) is 0 Å². The predicted molar refractivity (Wildman–Crippen MR) is 90.8 cm³/mol. The van der Waals surface area contributed by atoms with E-state index >= 15 is 0 Å². The molecule has 0 aliphatic carbocycles. The van der Waals surface area contributed by atoms with Crippen molar-refractivity contribution in [1.29, 1.82) is 0 Å². The monoisotopic (exact) mass is 322 g/mol. The van der Waals surface area contributed by atoms with E-state index in [0.29, 0.717) is 0 Å². The van der Waals surface area contributed by atoms with E-state index in [1.54, 1.807) is 0 Å². The van der Waals surface area contributed by atoms with Crippen LogP contribution in [0.3, 0.4) is 0 Å². The first-order valence-electron chi connectivity index (χ1n) is 8.32. The lowest BCUT2D eigenvalue weighted by molar-refractivity contribution is -0.918. The quantitative estimate of drug-likeness (QED) is 0.792. The minimum Gasteiger partial charge on any atom is -0.435 e. The minimum atomic E-state index is 0.122. The third kappa shape index (κ3) is 3.03. The molecule has 24 heavy (non-hydrogen) atoms. The van der Waals surface area contributed by atoms with E-state index in [0.717, 1.165) is 55.3 Å². The summed E-state index contributed by atoms with van der Waals surface area (Å²) in [6.07, 6.45) is 0. The van der Waals surface area contributed by atoms with Gasteiger partial charge < -0.3 is 14.2 Å². The number of carbonyl (C=O) groups is 1. The van der Waals surface area contributed by atoms with Crippen molar-refractivity contribution < 1.29 is 14.1 Å². The summed E-state index contributed by atoms with van der Waals surface area (Å²) in [5, 5.41) is 0. The van der Waals surface area contributed by atoms with Gasteiger partial charge in [0, 0.05) is 5.56 Å². The number of para-hydroxylation sites is 2. The molecular formula is C19H20N3O2+. The first-order valence-corrected chi connectivity index (χ1v) is 8.32. The van der Waals surface area contributed by atoms with E-state index in [-0.39, 0.29) is 5.91 Å². The Hall–Kier alpha value is -2.66. The lowest BCUT2D eigenvalue weighted by Gasteiger charge is -2.31. The first-order chi connectivity index (χ1) is 11.8. The highest BCUT2D eigenvalue weighted by Crippen LogP contribution is 2.14. The largest absolute Gasteiger partial charge is 0.435 e. The van der Waals surface area contributed by atoms with Crippen molar-refractivity contribution in [3.05, 3.63) is 66.1 Å². The fourth-order valence-corrected chi connectivity index (χ4v) is 3.18. The zero-order valence-corrected chi connectivity index (χ0v) is 13.4. The number of nitrogens with one attached hydrogen (secondary N) is 1. The van der Waals surface area contributed by atoms with Crippen molar-refractivity contribution in [2.45, 2.75) is 6.54 Å². The zero-order valence-electron chi connectivity index (χ0n) is 13.4. The maximum Gasteiger partial charge on any atom is 0.254 e. The summed E-state index contributed by atoms with van der Waals surface area (Å²) in [4.78, 5) is 20.3. The number of aromatic nitrogens is 1. The zero-order chi connectivity index (χ0) is 16.4. The van der Waals surface area contributed by atoms with E-state index in [9.17, 15) is 4.79 Å². The highest BCUT2D eigenvalue weighted by Gasteiger charge is 2.25. The molecule has 1 saturated heterocycles. The van der Waals surface area contributed by atoms with Gasteiger partial charge in [-0.25, -0.2) is 4.98 Å². The molecule has 4 rings (SSSR count). The van der Waals surface area contributed by atoms with Gasteiger partial charge in [-0.3, -0.25) is 4.79 Å². The number of hydrogen-bond acceptors (Lipinski definition) is 3. The summed E-state index contributed by atoms with van der Waals surface area (Å²) < 4.78 is 5.80. The number of nitrogens with zero attached hydrogens (tertiary/aromatic N) is 2. The Morgan fingerprint density at radius 2 is 1.75 bits per heavy atom. The van der Waals surface area contributed by atoms with Gasteiger partial charge in [0.1, 0.15) is 5.52 Å². The molecular weight excluding hydrogens is 302 g/mol. The fraction of sp³-hybridized carbons (Fsp3) is 0.263. The van der Waals surface area contributed by atoms with Gasteiger partial charge in [-0.15, -0.1) is 0 Å². The second-order valence-corrected chi connectivity index (χ2v) is 6.16. The molecule has 1 aliphatic heterocycles. The number of hydrogen-bond donors (Lipinski definition) is 1. The second kappa shape index (κ2) is 6.45. The highest BCUT2D eigenvalue weighted by atomic mass is 16.3. The van der Waals surface area contributed by atoms with Crippen molar-refractivity contribution in [3.63, 3.8) is 0 Å². The molecule has 3 aromatic rings. The summed E-state index contributed by atoms with van der Waals surface area (Å²) in [6.45, 7) is 4.13. The van der Waals surface area contributed by atoms with Crippen LogP contribution in [0.5, 0.6) is 0 Å². The van der Waals surface area contributed by atoms with Crippen LogP contribution in [-0.4, -0.2) is 42.0 Å². The average Bonchev–Trinajstić information content (AvgIpc) is 3.05. The molecule has 1 aromatic heterocycles. The Morgan fingerprint density at radius 3 is 2.50 bits per heavy atom. The standard InChI is InChI=1S/C19H19N3O2/c23-19(15-6-2-1-3-7-15)22-12-10-21(11-13-22)14-18-20-16-8-4-5-9-17(16)24-18/h1-9H,10-14H2/p+1. The molecule has 0 bridgehead atoms. The number of rotatable bonds is 3. The number of benzene rings is 2. The molecule has 1 aliphatic rings. The van der Waals surface area contributed by atoms with E-state index in [1.807, 2.05) is 59.5 Å². The Morgan fingerprint density at radius 1 is 1.04 bits per heavy atom. The molecule has 5 nitrogen and oxygen atoms in total. The van der Waals surface area contributed by atoms with Gasteiger partial charge in [0.2, 0.25) is 0 Å². The van der Waals surface area contributed by atoms with Crippen LogP contribution in [0.15, 0.2) is 59.0 Å². The fourth-order valence-electron chi connectivity index (χ4n) is 3.18. The predicted octanol–water partition coefficient (Wildman–Crippen LogP) is 1.37. The van der Waals surface area contributed by atoms with Crippen molar-refractivity contribution in [3.8, 4) is 0 Å². The van der Waals surface area contributed by atoms with Crippen LogP contribution < -0.4 is 4.90 Å². The number of piperazine rings is 1. The maximum absolute atomic E-state index is 12.5. The van der Waals surface area contributed by atoms with Crippen LogP contribution >= 0.6 is 0 Å². The number of carbonyl (C=O) groups excluding carboxylic acids is 1. The maximum atomic E-state index is 12.5. The minimum absolute atomic E-state index is 0.122. The third-order valence-electron chi connectivity index (χ3n) is 4.52. The van der Waals surface area contributed by atoms with Gasteiger partial charge >= 0.3 is 0 Å². The molecule has 0 radical (unpaired) electrons. The topological polar surface area (TPSA) is 50.8 Å². The van der Waals surface area contributed by atoms with Crippen LogP contribution in [0.1, 0.15) is 16.2 Å². The number of oxazole rings is 1. The van der Waals surface area contributed by atoms with Crippen molar-refractivity contribution >= 4 is 17.0 Å². The summed E-state index contributed by atoms with van der Waals surface area (Å²) in [5.74, 6) is 0.894. The molecule has 1 N–H and O–H groups in total. The Kier molecular flexibility index (Phi) is 4.01. The molecule has 1 amide bonds. The Balaban J connectivity index is 1.37. The Labute approximate surface area is 140 Å². The lowest BCUT2D eigenvalue weighted by atomic mass is 10.2. The SMILES string of the molecule is O=C(c1ccccc1)N1CC[NH+](Cc2nc3ccccc3o2)CC1. The van der Waals surface area contributed by atoms with Gasteiger partial charge in [-0.05, 0) is 24.3 Å². The van der Waals surface area contributed by atoms with Crippen LogP contribution in [0.2, 0.25) is 0 Å². The molecule has 2 heterocycles. The van der Waals surface area contributed by atoms with E-state index in [4.69, 9.17) is 4.42 Å². The molecule has 0 unspecified atom stereocenters. The van der Waals surface area contributed by atoms with Gasteiger partial charge in [-0.1, -0.05) is 30.3 Å². The normalized spacial score (nSPS) is 15.8. The average molecular weight is 322 g/mol. The van der Waals surface area contributed by atoms with Crippen LogP contribution in [0, 0.1) is 0 Å². The first kappa shape index (κ1) is 14.9. The van der Waals surface area contributed by atoms with Gasteiger partial charge in [0.25, 0.3) is 11.8 Å². The molecule has 122 valence electrons. The van der Waals surface area contributed by atoms with Crippen LogP contribution in [-0.2, 0) is 6.54 Å². The number of quaternary nitrogens is 1. The highest BCUT2D eigenvalue weighted by molar-refractivity contribution is 5.94. The van der Waals surface area contributed by atoms with Gasteiger partial charge in [0.05, 0.1) is 26.2 Å². The second-order valence-electron chi connectivity index (χ2n) is 6.16. The number of fused-ring (bicyclic) bond motifs is 1. The summed E-state index contributed by atoms with van der Waals surface area (Å²) >= 11 is 0. The molecule has 1 fully saturated rings. The van der Waals surface area contributed by atoms with E-state index in [1.165, 1.54) is 4.90 Å². The third-order valence-corrected chi connectivity index (χ3v) is 4.52. The summed E-state index contributed by atoms with van der Waals surface area (Å²) in [5.41, 5.74) is 2.51. The molecule has 0 atom stereocenters. The summed E-state index contributed by atoms with van der Waals surface area (Å²) in [6, 6.07) is 17.3. The summed E-state index contributed by atoms with van der Waals surface area (Å²) in [7, 11) is 0. The molecule has 0 spiro atoms. The van der Waals surface area contributed by atoms with Gasteiger partial charge in [0.15, 0.2) is 12.1 Å². The van der Waals surface area contributed by atoms with Crippen molar-refractivity contribution in [1.82, 2.24) is 9.88 Å². The lowest BCUT2D eigenvalue weighted by Crippen LogP contribution is -3.13. The van der Waals surface area contributed by atoms with E-state index in [2.05, 4.69) is 4.98 Å².